The van der Waals surface area contributed by atoms with E-state index in [9.17, 15) is 9.59 Å². The van der Waals surface area contributed by atoms with Crippen molar-refractivity contribution in [3.63, 3.8) is 0 Å². The molecule has 0 unspecified atom stereocenters. The molecule has 0 aliphatic rings. The lowest BCUT2D eigenvalue weighted by Gasteiger charge is -2.21. The summed E-state index contributed by atoms with van der Waals surface area (Å²) in [5.41, 5.74) is 0.560. The minimum atomic E-state index is -1.40. The van der Waals surface area contributed by atoms with Crippen LogP contribution < -0.4 is 14.9 Å². The summed E-state index contributed by atoms with van der Waals surface area (Å²) < 4.78 is 16.8. The van der Waals surface area contributed by atoms with Gasteiger partial charge in [0.05, 0.1) is 5.39 Å². The van der Waals surface area contributed by atoms with Crippen molar-refractivity contribution in [2.45, 2.75) is 33.3 Å². The molecule has 0 spiro atoms. The van der Waals surface area contributed by atoms with E-state index in [2.05, 4.69) is 0 Å². The van der Waals surface area contributed by atoms with Crippen molar-refractivity contribution < 1.29 is 23.8 Å². The lowest BCUT2D eigenvalue weighted by Crippen LogP contribution is -2.37. The molecule has 3 aromatic rings. The highest BCUT2D eigenvalue weighted by Crippen LogP contribution is 2.28. The van der Waals surface area contributed by atoms with Crippen LogP contribution in [0.25, 0.3) is 11.0 Å². The number of hydrogen-bond donors (Lipinski definition) is 1. The van der Waals surface area contributed by atoms with Crippen LogP contribution >= 0.6 is 0 Å². The zero-order valence-corrected chi connectivity index (χ0v) is 15.5. The maximum absolute atomic E-state index is 12.7. The van der Waals surface area contributed by atoms with Crippen molar-refractivity contribution in [3.8, 4) is 17.2 Å². The summed E-state index contributed by atoms with van der Waals surface area (Å²) in [6, 6.07) is 10.2. The van der Waals surface area contributed by atoms with Gasteiger partial charge in [0.1, 0.15) is 23.3 Å². The van der Waals surface area contributed by atoms with Crippen LogP contribution in [0.3, 0.4) is 0 Å². The van der Waals surface area contributed by atoms with Gasteiger partial charge in [-0.05, 0) is 57.0 Å². The van der Waals surface area contributed by atoms with Gasteiger partial charge < -0.3 is 19.0 Å². The Morgan fingerprint density at radius 3 is 2.56 bits per heavy atom. The highest BCUT2D eigenvalue weighted by atomic mass is 16.5. The second-order valence-corrected chi connectivity index (χ2v) is 6.80. The van der Waals surface area contributed by atoms with E-state index in [4.69, 9.17) is 19.0 Å². The van der Waals surface area contributed by atoms with Gasteiger partial charge in [-0.2, -0.15) is 0 Å². The van der Waals surface area contributed by atoms with E-state index in [-0.39, 0.29) is 16.8 Å². The largest absolute Gasteiger partial charge is 0.478 e. The number of rotatable bonds is 5. The van der Waals surface area contributed by atoms with Crippen LogP contribution in [0.5, 0.6) is 17.2 Å². The normalized spacial score (nSPS) is 11.4. The number of hydrogen-bond acceptors (Lipinski definition) is 5. The van der Waals surface area contributed by atoms with E-state index in [1.165, 1.54) is 38.3 Å². The zero-order valence-electron chi connectivity index (χ0n) is 15.5. The first kappa shape index (κ1) is 18.5. The molecule has 1 aromatic heterocycles. The molecule has 6 heteroatoms. The average molecular weight is 368 g/mol. The van der Waals surface area contributed by atoms with Crippen LogP contribution in [-0.2, 0) is 4.79 Å². The number of ether oxygens (including phenoxy) is 2. The van der Waals surface area contributed by atoms with E-state index in [1.54, 1.807) is 6.07 Å². The van der Waals surface area contributed by atoms with Gasteiger partial charge in [0.2, 0.25) is 11.2 Å². The minimum Gasteiger partial charge on any atom is -0.478 e. The van der Waals surface area contributed by atoms with Crippen LogP contribution in [-0.4, -0.2) is 16.7 Å². The van der Waals surface area contributed by atoms with E-state index < -0.39 is 11.6 Å². The third kappa shape index (κ3) is 3.65. The molecule has 2 aromatic carbocycles. The highest BCUT2D eigenvalue weighted by Gasteiger charge is 2.29. The molecular formula is C21H20O6. The minimum absolute atomic E-state index is 0.0794. The first-order valence-corrected chi connectivity index (χ1v) is 8.41. The molecule has 140 valence electrons. The molecule has 1 heterocycles. The number of carboxylic acid groups (broad SMARTS) is 1. The lowest BCUT2D eigenvalue weighted by molar-refractivity contribution is -0.152. The monoisotopic (exact) mass is 368 g/mol. The van der Waals surface area contributed by atoms with Crippen LogP contribution in [0.1, 0.15) is 25.0 Å². The fourth-order valence-corrected chi connectivity index (χ4v) is 2.52. The van der Waals surface area contributed by atoms with Crippen LogP contribution in [0.4, 0.5) is 0 Å². The molecule has 3 rings (SSSR count). The van der Waals surface area contributed by atoms with E-state index in [1.807, 2.05) is 26.0 Å². The molecule has 0 saturated heterocycles. The fourth-order valence-electron chi connectivity index (χ4n) is 2.52. The molecule has 27 heavy (non-hydrogen) atoms. The summed E-state index contributed by atoms with van der Waals surface area (Å²) >= 11 is 0. The van der Waals surface area contributed by atoms with Gasteiger partial charge in [0.25, 0.3) is 0 Å². The Labute approximate surface area is 156 Å². The Hall–Kier alpha value is -3.28. The Morgan fingerprint density at radius 1 is 1.11 bits per heavy atom. The van der Waals surface area contributed by atoms with Gasteiger partial charge in [0, 0.05) is 6.07 Å². The molecule has 0 aliphatic heterocycles. The lowest BCUT2D eigenvalue weighted by atomic mass is 10.1. The highest BCUT2D eigenvalue weighted by molar-refractivity contribution is 5.80. The second kappa shape index (κ2) is 6.79. The Balaban J connectivity index is 1.96. The van der Waals surface area contributed by atoms with E-state index in [0.717, 1.165) is 11.1 Å². The molecule has 0 aliphatic carbocycles. The number of carboxylic acids is 1. The molecule has 0 fully saturated rings. The Kier molecular flexibility index (Phi) is 4.66. The quantitative estimate of drug-likeness (QED) is 0.716. The number of benzene rings is 2. The second-order valence-electron chi connectivity index (χ2n) is 6.80. The number of aliphatic carboxylic acids is 1. The standard InChI is InChI=1S/C21H20O6/c1-12-6-5-7-16(13(12)2)26-18-11-25-17-10-14(8-9-15(17)19(18)22)27-21(3,4)20(23)24/h5-11H,1-4H3,(H,23,24). The predicted octanol–water partition coefficient (Wildman–Crippen LogP) is 4.44. The number of fused-ring (bicyclic) bond motifs is 1. The molecule has 0 atom stereocenters. The van der Waals surface area contributed by atoms with Gasteiger partial charge in [0.15, 0.2) is 5.60 Å². The van der Waals surface area contributed by atoms with Crippen molar-refractivity contribution >= 4 is 16.9 Å². The van der Waals surface area contributed by atoms with Gasteiger partial charge in [-0.15, -0.1) is 0 Å². The maximum Gasteiger partial charge on any atom is 0.347 e. The molecule has 0 amide bonds. The molecule has 0 bridgehead atoms. The van der Waals surface area contributed by atoms with Gasteiger partial charge in [-0.3, -0.25) is 4.79 Å². The van der Waals surface area contributed by atoms with Crippen LogP contribution in [0.15, 0.2) is 51.9 Å². The summed E-state index contributed by atoms with van der Waals surface area (Å²) in [6.07, 6.45) is 1.25. The first-order valence-electron chi connectivity index (χ1n) is 8.41. The zero-order chi connectivity index (χ0) is 19.8. The molecule has 1 N–H and O–H groups in total. The van der Waals surface area contributed by atoms with E-state index in [0.29, 0.717) is 16.9 Å². The Bertz CT molecular complexity index is 1080. The summed E-state index contributed by atoms with van der Waals surface area (Å²) in [6.45, 7) is 6.76. The molecule has 0 radical (unpaired) electrons. The SMILES string of the molecule is Cc1cccc(Oc2coc3cc(OC(C)(C)C(=O)O)ccc3c2=O)c1C. The van der Waals surface area contributed by atoms with Gasteiger partial charge in [-0.25, -0.2) is 4.79 Å². The van der Waals surface area contributed by atoms with Crippen LogP contribution in [0, 0.1) is 13.8 Å². The Morgan fingerprint density at radius 2 is 1.85 bits per heavy atom. The first-order chi connectivity index (χ1) is 12.7. The number of aryl methyl sites for hydroxylation is 1. The predicted molar refractivity (Wildman–Crippen MR) is 101 cm³/mol. The van der Waals surface area contributed by atoms with Crippen molar-refractivity contribution in [3.05, 3.63) is 64.0 Å². The summed E-state index contributed by atoms with van der Waals surface area (Å²) in [7, 11) is 0. The molecule has 0 saturated carbocycles. The van der Waals surface area contributed by atoms with Gasteiger partial charge in [-0.1, -0.05) is 12.1 Å². The summed E-state index contributed by atoms with van der Waals surface area (Å²) in [5.74, 6) is -0.136. The van der Waals surface area contributed by atoms with Crippen molar-refractivity contribution in [1.82, 2.24) is 0 Å². The third-order valence-electron chi connectivity index (χ3n) is 4.38. The maximum atomic E-state index is 12.7. The topological polar surface area (TPSA) is 86.0 Å². The smallest absolute Gasteiger partial charge is 0.347 e. The van der Waals surface area contributed by atoms with E-state index >= 15 is 0 Å². The van der Waals surface area contributed by atoms with Crippen molar-refractivity contribution in [1.29, 1.82) is 0 Å². The van der Waals surface area contributed by atoms with Gasteiger partial charge >= 0.3 is 5.97 Å². The average Bonchev–Trinajstić information content (AvgIpc) is 2.60. The summed E-state index contributed by atoms with van der Waals surface area (Å²) in [5, 5.41) is 9.48. The van der Waals surface area contributed by atoms with Crippen LogP contribution in [0.2, 0.25) is 0 Å². The fraction of sp³-hybridized carbons (Fsp3) is 0.238. The molecule has 6 nitrogen and oxygen atoms in total. The third-order valence-corrected chi connectivity index (χ3v) is 4.38. The van der Waals surface area contributed by atoms with Crippen molar-refractivity contribution in [2.75, 3.05) is 0 Å². The van der Waals surface area contributed by atoms with Crippen molar-refractivity contribution in [2.24, 2.45) is 0 Å². The number of carbonyl (C=O) groups is 1. The molecular weight excluding hydrogens is 348 g/mol. The summed E-state index contributed by atoms with van der Waals surface area (Å²) in [4.78, 5) is 23.9.